The Labute approximate surface area is 100 Å². The summed E-state index contributed by atoms with van der Waals surface area (Å²) in [6.45, 7) is 0.985. The van der Waals surface area contributed by atoms with Gasteiger partial charge in [-0.15, -0.1) is 0 Å². The van der Waals surface area contributed by atoms with Gasteiger partial charge in [-0.05, 0) is 24.8 Å². The van der Waals surface area contributed by atoms with Crippen LogP contribution in [0, 0.1) is 5.92 Å². The van der Waals surface area contributed by atoms with Gasteiger partial charge in [-0.2, -0.15) is 0 Å². The maximum absolute atomic E-state index is 10.2. The monoisotopic (exact) mass is 233 g/mol. The molecule has 0 amide bonds. The molecule has 0 heterocycles. The number of aliphatic imine (C=N–C) groups is 1. The Bertz CT molecular complexity index is 434. The van der Waals surface area contributed by atoms with E-state index in [0.29, 0.717) is 24.0 Å². The van der Waals surface area contributed by atoms with Crippen molar-refractivity contribution in [3.8, 4) is 11.5 Å². The molecule has 17 heavy (non-hydrogen) atoms. The molecular weight excluding hydrogens is 218 g/mol. The van der Waals surface area contributed by atoms with E-state index in [2.05, 4.69) is 4.99 Å². The number of para-hydroxylation sites is 1. The molecule has 2 rings (SSSR count). The zero-order valence-electron chi connectivity index (χ0n) is 9.81. The maximum atomic E-state index is 10.2. The number of benzene rings is 1. The van der Waals surface area contributed by atoms with Crippen molar-refractivity contribution in [1.82, 2.24) is 0 Å². The number of hydrogen-bond donors (Lipinski definition) is 0. The molecule has 1 aliphatic rings. The lowest BCUT2D eigenvalue weighted by Gasteiger charge is -2.13. The second kappa shape index (κ2) is 5.51. The molecule has 4 nitrogen and oxygen atoms in total. The predicted octanol–water partition coefficient (Wildman–Crippen LogP) is 2.32. The van der Waals surface area contributed by atoms with Crippen molar-refractivity contribution in [3.05, 3.63) is 23.8 Å². The van der Waals surface area contributed by atoms with Gasteiger partial charge in [0.2, 0.25) is 6.08 Å². The summed E-state index contributed by atoms with van der Waals surface area (Å²) in [6, 6.07) is 5.58. The first-order chi connectivity index (χ1) is 8.35. The van der Waals surface area contributed by atoms with Gasteiger partial charge in [0.1, 0.15) is 0 Å². The summed E-state index contributed by atoms with van der Waals surface area (Å²) in [4.78, 5) is 13.7. The minimum Gasteiger partial charge on any atom is -0.493 e. The third-order valence-corrected chi connectivity index (χ3v) is 2.75. The highest BCUT2D eigenvalue weighted by Crippen LogP contribution is 2.35. The zero-order valence-corrected chi connectivity index (χ0v) is 9.81. The Hall–Kier alpha value is -1.80. The molecule has 1 saturated carbocycles. The van der Waals surface area contributed by atoms with E-state index in [4.69, 9.17) is 9.47 Å². The van der Waals surface area contributed by atoms with Gasteiger partial charge < -0.3 is 9.47 Å². The van der Waals surface area contributed by atoms with Crippen molar-refractivity contribution >= 4 is 6.08 Å². The van der Waals surface area contributed by atoms with Gasteiger partial charge in [0.25, 0.3) is 0 Å². The van der Waals surface area contributed by atoms with Crippen LogP contribution in [-0.4, -0.2) is 19.8 Å². The second-order valence-corrected chi connectivity index (χ2v) is 4.11. The van der Waals surface area contributed by atoms with Gasteiger partial charge in [0, 0.05) is 5.56 Å². The molecule has 0 atom stereocenters. The van der Waals surface area contributed by atoms with Crippen molar-refractivity contribution in [2.24, 2.45) is 10.9 Å². The third-order valence-electron chi connectivity index (χ3n) is 2.75. The summed E-state index contributed by atoms with van der Waals surface area (Å²) in [5, 5.41) is 0. The van der Waals surface area contributed by atoms with E-state index in [1.54, 1.807) is 7.11 Å². The first-order valence-electron chi connectivity index (χ1n) is 5.67. The Morgan fingerprint density at radius 2 is 2.29 bits per heavy atom. The lowest BCUT2D eigenvalue weighted by Crippen LogP contribution is -2.03. The first-order valence-corrected chi connectivity index (χ1v) is 5.67. The summed E-state index contributed by atoms with van der Waals surface area (Å²) in [7, 11) is 1.60. The van der Waals surface area contributed by atoms with E-state index in [0.717, 1.165) is 5.56 Å². The van der Waals surface area contributed by atoms with Crippen LogP contribution in [0.25, 0.3) is 0 Å². The van der Waals surface area contributed by atoms with Crippen LogP contribution in [0.5, 0.6) is 11.5 Å². The van der Waals surface area contributed by atoms with E-state index in [1.807, 2.05) is 18.2 Å². The van der Waals surface area contributed by atoms with E-state index < -0.39 is 0 Å². The smallest absolute Gasteiger partial charge is 0.235 e. The van der Waals surface area contributed by atoms with E-state index in [-0.39, 0.29) is 6.54 Å². The fourth-order valence-electron chi connectivity index (χ4n) is 1.61. The summed E-state index contributed by atoms with van der Waals surface area (Å²) in [5.41, 5.74) is 0.855. The fraction of sp³-hybridized carbons (Fsp3) is 0.462. The maximum Gasteiger partial charge on any atom is 0.235 e. The van der Waals surface area contributed by atoms with Crippen LogP contribution in [0.2, 0.25) is 0 Å². The number of rotatable bonds is 6. The summed E-state index contributed by atoms with van der Waals surface area (Å²) in [6.07, 6.45) is 4.00. The summed E-state index contributed by atoms with van der Waals surface area (Å²) < 4.78 is 11.0. The molecule has 0 aliphatic heterocycles. The highest BCUT2D eigenvalue weighted by atomic mass is 16.5. The lowest BCUT2D eigenvalue weighted by molar-refractivity contribution is 0.277. The zero-order chi connectivity index (χ0) is 12.1. The summed E-state index contributed by atoms with van der Waals surface area (Å²) >= 11 is 0. The molecule has 0 radical (unpaired) electrons. The van der Waals surface area contributed by atoms with Crippen molar-refractivity contribution in [2.75, 3.05) is 13.7 Å². The quantitative estimate of drug-likeness (QED) is 0.559. The third kappa shape index (κ3) is 3.08. The number of carbonyl (C=O) groups excluding carboxylic acids is 1. The predicted molar refractivity (Wildman–Crippen MR) is 63.0 cm³/mol. The molecule has 0 aromatic heterocycles. The molecule has 1 aliphatic carbocycles. The van der Waals surface area contributed by atoms with Crippen LogP contribution in [0.1, 0.15) is 18.4 Å². The lowest BCUT2D eigenvalue weighted by atomic mass is 10.2. The minimum absolute atomic E-state index is 0.278. The molecule has 0 bridgehead atoms. The number of nitrogens with zero attached hydrogens (tertiary/aromatic N) is 1. The Kier molecular flexibility index (Phi) is 3.78. The van der Waals surface area contributed by atoms with Crippen LogP contribution in [0.15, 0.2) is 23.2 Å². The molecule has 0 saturated heterocycles. The first kappa shape index (κ1) is 11.7. The molecule has 0 spiro atoms. The average molecular weight is 233 g/mol. The fourth-order valence-corrected chi connectivity index (χ4v) is 1.61. The highest BCUT2D eigenvalue weighted by molar-refractivity contribution is 5.47. The van der Waals surface area contributed by atoms with Crippen LogP contribution in [-0.2, 0) is 11.3 Å². The van der Waals surface area contributed by atoms with E-state index >= 15 is 0 Å². The molecule has 0 unspecified atom stereocenters. The molecule has 4 heteroatoms. The summed E-state index contributed by atoms with van der Waals surface area (Å²) in [5.74, 6) is 2.05. The van der Waals surface area contributed by atoms with Gasteiger partial charge in [-0.25, -0.2) is 9.79 Å². The SMILES string of the molecule is COc1cccc(CN=C=O)c1OCC1CC1. The van der Waals surface area contributed by atoms with Crippen LogP contribution in [0.4, 0.5) is 0 Å². The van der Waals surface area contributed by atoms with E-state index in [1.165, 1.54) is 18.9 Å². The van der Waals surface area contributed by atoms with Crippen molar-refractivity contribution in [2.45, 2.75) is 19.4 Å². The molecule has 0 N–H and O–H groups in total. The second-order valence-electron chi connectivity index (χ2n) is 4.11. The minimum atomic E-state index is 0.278. The molecule has 1 fully saturated rings. The van der Waals surface area contributed by atoms with Gasteiger partial charge in [-0.1, -0.05) is 12.1 Å². The van der Waals surface area contributed by atoms with Gasteiger partial charge in [0.05, 0.1) is 20.3 Å². The Morgan fingerprint density at radius 1 is 1.47 bits per heavy atom. The standard InChI is InChI=1S/C13H15NO3/c1-16-12-4-2-3-11(7-14-9-15)13(12)17-8-10-5-6-10/h2-4,10H,5-8H2,1H3. The van der Waals surface area contributed by atoms with E-state index in [9.17, 15) is 4.79 Å². The van der Waals surface area contributed by atoms with Gasteiger partial charge >= 0.3 is 0 Å². The highest BCUT2D eigenvalue weighted by Gasteiger charge is 2.23. The van der Waals surface area contributed by atoms with Crippen molar-refractivity contribution in [3.63, 3.8) is 0 Å². The molecule has 1 aromatic carbocycles. The van der Waals surface area contributed by atoms with Crippen LogP contribution >= 0.6 is 0 Å². The van der Waals surface area contributed by atoms with Gasteiger partial charge in [-0.3, -0.25) is 0 Å². The number of isocyanates is 1. The molecular formula is C13H15NO3. The number of methoxy groups -OCH3 is 1. The number of ether oxygens (including phenoxy) is 2. The largest absolute Gasteiger partial charge is 0.493 e. The molecule has 1 aromatic rings. The van der Waals surface area contributed by atoms with Crippen LogP contribution < -0.4 is 9.47 Å². The van der Waals surface area contributed by atoms with Crippen molar-refractivity contribution in [1.29, 1.82) is 0 Å². The topological polar surface area (TPSA) is 47.9 Å². The van der Waals surface area contributed by atoms with Crippen LogP contribution in [0.3, 0.4) is 0 Å². The normalized spacial score (nSPS) is 13.9. The number of hydrogen-bond acceptors (Lipinski definition) is 4. The van der Waals surface area contributed by atoms with Gasteiger partial charge in [0.15, 0.2) is 11.5 Å². The Morgan fingerprint density at radius 3 is 2.94 bits per heavy atom. The Balaban J connectivity index is 2.18. The molecule has 90 valence electrons. The average Bonchev–Trinajstić information content (AvgIpc) is 3.18. The van der Waals surface area contributed by atoms with Crippen molar-refractivity contribution < 1.29 is 14.3 Å².